The minimum atomic E-state index is -5.56. The van der Waals surface area contributed by atoms with Crippen LogP contribution in [0.25, 0.3) is 0 Å². The van der Waals surface area contributed by atoms with E-state index in [-0.39, 0.29) is 0 Å². The first-order chi connectivity index (χ1) is 8.80. The molecular formula is C13H14F5N. The Morgan fingerprint density at radius 1 is 1.16 bits per heavy atom. The van der Waals surface area contributed by atoms with Crippen LogP contribution in [0.5, 0.6) is 0 Å². The molecule has 0 spiro atoms. The Kier molecular flexibility index (Phi) is 3.80. The Morgan fingerprint density at radius 2 is 1.89 bits per heavy atom. The van der Waals surface area contributed by atoms with Crippen LogP contribution in [-0.4, -0.2) is 19.3 Å². The normalized spacial score (nSPS) is 20.8. The molecule has 6 heteroatoms. The van der Waals surface area contributed by atoms with Crippen LogP contribution in [0.1, 0.15) is 17.5 Å². The third kappa shape index (κ3) is 3.05. The molecule has 1 aromatic carbocycles. The van der Waals surface area contributed by atoms with Crippen LogP contribution in [0.2, 0.25) is 0 Å². The number of hydrogen-bond donors (Lipinski definition) is 1. The van der Waals surface area contributed by atoms with Crippen molar-refractivity contribution in [2.45, 2.75) is 24.9 Å². The molecule has 0 amide bonds. The van der Waals surface area contributed by atoms with E-state index in [1.165, 1.54) is 6.07 Å². The zero-order chi connectivity index (χ0) is 14.1. The van der Waals surface area contributed by atoms with Crippen LogP contribution in [-0.2, 0) is 12.3 Å². The van der Waals surface area contributed by atoms with Crippen molar-refractivity contribution in [1.29, 1.82) is 0 Å². The van der Waals surface area contributed by atoms with Crippen LogP contribution in [0.15, 0.2) is 24.3 Å². The summed E-state index contributed by atoms with van der Waals surface area (Å²) in [5.41, 5.74) is -0.460. The number of nitrogens with one attached hydrogen (secondary N) is 1. The molecule has 1 N–H and O–H groups in total. The topological polar surface area (TPSA) is 12.0 Å². The zero-order valence-electron chi connectivity index (χ0n) is 10.1. The lowest BCUT2D eigenvalue weighted by Crippen LogP contribution is -2.33. The van der Waals surface area contributed by atoms with Gasteiger partial charge in [0.15, 0.2) is 0 Å². The Hall–Kier alpha value is -1.17. The molecule has 0 radical (unpaired) electrons. The molecule has 1 aliphatic rings. The summed E-state index contributed by atoms with van der Waals surface area (Å²) in [6, 6.07) is 4.64. The largest absolute Gasteiger partial charge is 0.458 e. The monoisotopic (exact) mass is 279 g/mol. The lowest BCUT2D eigenvalue weighted by molar-refractivity contribution is -0.289. The Bertz CT molecular complexity index is 435. The number of rotatable bonds is 3. The van der Waals surface area contributed by atoms with Crippen molar-refractivity contribution in [2.24, 2.45) is 5.92 Å². The van der Waals surface area contributed by atoms with Gasteiger partial charge < -0.3 is 5.32 Å². The third-order valence-electron chi connectivity index (χ3n) is 3.33. The molecule has 1 nitrogen and oxygen atoms in total. The maximum Gasteiger partial charge on any atom is 0.458 e. The molecule has 1 heterocycles. The Labute approximate surface area is 107 Å². The van der Waals surface area contributed by atoms with Gasteiger partial charge in [-0.3, -0.25) is 0 Å². The smallest absolute Gasteiger partial charge is 0.316 e. The SMILES string of the molecule is FC(F)(F)C(F)(F)c1cccc(CC2CCNC2)c1. The Balaban J connectivity index is 2.19. The lowest BCUT2D eigenvalue weighted by atomic mass is 9.96. The molecule has 1 unspecified atom stereocenters. The highest BCUT2D eigenvalue weighted by atomic mass is 19.4. The van der Waals surface area contributed by atoms with Gasteiger partial charge in [0.25, 0.3) is 0 Å². The van der Waals surface area contributed by atoms with Gasteiger partial charge in [0.2, 0.25) is 0 Å². The summed E-state index contributed by atoms with van der Waals surface area (Å²) in [5, 5.41) is 3.13. The lowest BCUT2D eigenvalue weighted by Gasteiger charge is -2.20. The third-order valence-corrected chi connectivity index (χ3v) is 3.33. The molecule has 1 saturated heterocycles. The van der Waals surface area contributed by atoms with E-state index in [4.69, 9.17) is 0 Å². The molecule has 0 bridgehead atoms. The van der Waals surface area contributed by atoms with Gasteiger partial charge in [0, 0.05) is 5.56 Å². The maximum absolute atomic E-state index is 13.2. The highest BCUT2D eigenvalue weighted by Gasteiger charge is 2.58. The van der Waals surface area contributed by atoms with E-state index >= 15 is 0 Å². The molecule has 0 saturated carbocycles. The zero-order valence-corrected chi connectivity index (χ0v) is 10.1. The molecule has 0 aliphatic carbocycles. The van der Waals surface area contributed by atoms with Gasteiger partial charge in [-0.2, -0.15) is 22.0 Å². The van der Waals surface area contributed by atoms with Crippen molar-refractivity contribution in [3.8, 4) is 0 Å². The summed E-state index contributed by atoms with van der Waals surface area (Å²) in [6.07, 6.45) is -4.12. The average Bonchev–Trinajstić information content (AvgIpc) is 2.80. The fourth-order valence-corrected chi connectivity index (χ4v) is 2.28. The number of halogens is 5. The fourth-order valence-electron chi connectivity index (χ4n) is 2.28. The van der Waals surface area contributed by atoms with Crippen molar-refractivity contribution < 1.29 is 22.0 Å². The first-order valence-electron chi connectivity index (χ1n) is 6.05. The standard InChI is InChI=1S/C13H14F5N/c14-12(15,13(16,17)18)11-3-1-2-9(7-11)6-10-4-5-19-8-10/h1-3,7,10,19H,4-6,8H2. The average molecular weight is 279 g/mol. The van der Waals surface area contributed by atoms with Gasteiger partial charge in [-0.05, 0) is 43.5 Å². The van der Waals surface area contributed by atoms with Gasteiger partial charge in [-0.25, -0.2) is 0 Å². The fraction of sp³-hybridized carbons (Fsp3) is 0.538. The molecule has 2 rings (SSSR count). The summed E-state index contributed by atoms with van der Waals surface area (Å²) < 4.78 is 63.3. The molecule has 1 atom stereocenters. The highest BCUT2D eigenvalue weighted by Crippen LogP contribution is 2.44. The summed E-state index contributed by atoms with van der Waals surface area (Å²) in [7, 11) is 0. The Morgan fingerprint density at radius 3 is 2.47 bits per heavy atom. The van der Waals surface area contributed by atoms with Crippen molar-refractivity contribution in [3.05, 3.63) is 35.4 Å². The van der Waals surface area contributed by atoms with E-state index in [0.717, 1.165) is 31.6 Å². The van der Waals surface area contributed by atoms with Crippen molar-refractivity contribution >= 4 is 0 Å². The van der Waals surface area contributed by atoms with Gasteiger partial charge in [-0.1, -0.05) is 18.2 Å². The van der Waals surface area contributed by atoms with Crippen LogP contribution in [0.3, 0.4) is 0 Å². The number of alkyl halides is 5. The molecule has 106 valence electrons. The highest BCUT2D eigenvalue weighted by molar-refractivity contribution is 5.28. The van der Waals surface area contributed by atoms with Crippen molar-refractivity contribution in [2.75, 3.05) is 13.1 Å². The summed E-state index contributed by atoms with van der Waals surface area (Å²) in [5.74, 6) is -4.49. The minimum Gasteiger partial charge on any atom is -0.316 e. The van der Waals surface area contributed by atoms with Crippen molar-refractivity contribution in [3.63, 3.8) is 0 Å². The first kappa shape index (κ1) is 14.2. The second kappa shape index (κ2) is 5.07. The van der Waals surface area contributed by atoms with Gasteiger partial charge in [0.05, 0.1) is 0 Å². The van der Waals surface area contributed by atoms with E-state index in [2.05, 4.69) is 5.32 Å². The second-order valence-electron chi connectivity index (χ2n) is 4.84. The van der Waals surface area contributed by atoms with Crippen LogP contribution < -0.4 is 5.32 Å². The van der Waals surface area contributed by atoms with Gasteiger partial charge >= 0.3 is 12.1 Å². The van der Waals surface area contributed by atoms with Gasteiger partial charge in [0.1, 0.15) is 0 Å². The van der Waals surface area contributed by atoms with E-state index in [9.17, 15) is 22.0 Å². The molecule has 19 heavy (non-hydrogen) atoms. The molecular weight excluding hydrogens is 265 g/mol. The van der Waals surface area contributed by atoms with Crippen LogP contribution in [0.4, 0.5) is 22.0 Å². The molecule has 1 aromatic rings. The maximum atomic E-state index is 13.2. The molecule has 1 fully saturated rings. The molecule has 0 aromatic heterocycles. The first-order valence-corrected chi connectivity index (χ1v) is 6.05. The van der Waals surface area contributed by atoms with E-state index in [1.54, 1.807) is 6.07 Å². The van der Waals surface area contributed by atoms with Crippen LogP contribution >= 0.6 is 0 Å². The predicted octanol–water partition coefficient (Wildman–Crippen LogP) is 3.49. The van der Waals surface area contributed by atoms with Gasteiger partial charge in [-0.15, -0.1) is 0 Å². The van der Waals surface area contributed by atoms with Crippen LogP contribution in [0, 0.1) is 5.92 Å². The van der Waals surface area contributed by atoms with E-state index in [0.29, 0.717) is 17.9 Å². The number of hydrogen-bond acceptors (Lipinski definition) is 1. The second-order valence-corrected chi connectivity index (χ2v) is 4.84. The summed E-state index contributed by atoms with van der Waals surface area (Å²) >= 11 is 0. The van der Waals surface area contributed by atoms with Crippen molar-refractivity contribution in [1.82, 2.24) is 5.32 Å². The van der Waals surface area contributed by atoms with E-state index < -0.39 is 17.7 Å². The predicted molar refractivity (Wildman–Crippen MR) is 61.1 cm³/mol. The minimum absolute atomic E-state index is 0.301. The number of benzene rings is 1. The quantitative estimate of drug-likeness (QED) is 0.835. The summed E-state index contributed by atoms with van der Waals surface area (Å²) in [4.78, 5) is 0. The van der Waals surface area contributed by atoms with E-state index in [1.807, 2.05) is 0 Å². The summed E-state index contributed by atoms with van der Waals surface area (Å²) in [6.45, 7) is 1.64. The molecule has 1 aliphatic heterocycles.